The molecular formula is C15H15N5O4. The van der Waals surface area contributed by atoms with Gasteiger partial charge < -0.3 is 20.1 Å². The van der Waals surface area contributed by atoms with E-state index in [4.69, 9.17) is 9.47 Å². The second kappa shape index (κ2) is 5.84. The predicted molar refractivity (Wildman–Crippen MR) is 82.6 cm³/mol. The number of amides is 2. The summed E-state index contributed by atoms with van der Waals surface area (Å²) in [6.07, 6.45) is 3.36. The second-order valence-corrected chi connectivity index (χ2v) is 5.68. The van der Waals surface area contributed by atoms with E-state index in [2.05, 4.69) is 20.9 Å². The summed E-state index contributed by atoms with van der Waals surface area (Å²) in [6.45, 7) is 0.168. The van der Waals surface area contributed by atoms with Crippen molar-refractivity contribution in [2.45, 2.75) is 19.4 Å². The van der Waals surface area contributed by atoms with Gasteiger partial charge in [-0.05, 0) is 25.0 Å². The van der Waals surface area contributed by atoms with Gasteiger partial charge in [-0.25, -0.2) is 4.68 Å². The predicted octanol–water partition coefficient (Wildman–Crippen LogP) is 0.994. The Morgan fingerprint density at radius 1 is 1.21 bits per heavy atom. The summed E-state index contributed by atoms with van der Waals surface area (Å²) in [5.74, 6) is 1.37. The smallest absolute Gasteiger partial charge is 0.246 e. The highest BCUT2D eigenvalue weighted by atomic mass is 16.7. The molecule has 0 atom stereocenters. The number of hydrogen-bond acceptors (Lipinski definition) is 6. The van der Waals surface area contributed by atoms with E-state index in [1.807, 2.05) is 0 Å². The maximum absolute atomic E-state index is 12.1. The number of aromatic nitrogens is 3. The van der Waals surface area contributed by atoms with Gasteiger partial charge in [0, 0.05) is 17.7 Å². The summed E-state index contributed by atoms with van der Waals surface area (Å²) in [5, 5.41) is 13.1. The first kappa shape index (κ1) is 14.5. The van der Waals surface area contributed by atoms with E-state index in [1.165, 1.54) is 10.9 Å². The SMILES string of the molecule is O=C(Cn1cc(NC(=O)C2CC2)nn1)Nc1ccc2c(c1)OCO2. The molecule has 4 rings (SSSR count). The van der Waals surface area contributed by atoms with E-state index in [-0.39, 0.29) is 31.1 Å². The Labute approximate surface area is 136 Å². The standard InChI is InChI=1S/C15H15N5O4/c21-14(16-10-3-4-11-12(5-10)24-8-23-11)7-20-6-13(18-19-20)17-15(22)9-1-2-9/h3-6,9H,1-2,7-8H2,(H,16,21)(H,17,22). The molecule has 24 heavy (non-hydrogen) atoms. The van der Waals surface area contributed by atoms with Gasteiger partial charge >= 0.3 is 0 Å². The summed E-state index contributed by atoms with van der Waals surface area (Å²) >= 11 is 0. The van der Waals surface area contributed by atoms with Crippen molar-refractivity contribution in [3.05, 3.63) is 24.4 Å². The molecule has 0 unspecified atom stereocenters. The molecule has 124 valence electrons. The van der Waals surface area contributed by atoms with Crippen molar-refractivity contribution in [3.63, 3.8) is 0 Å². The van der Waals surface area contributed by atoms with Crippen molar-refractivity contribution in [2.24, 2.45) is 5.92 Å². The maximum Gasteiger partial charge on any atom is 0.246 e. The molecule has 1 aromatic heterocycles. The zero-order chi connectivity index (χ0) is 16.5. The number of carbonyl (C=O) groups is 2. The minimum atomic E-state index is -0.265. The van der Waals surface area contributed by atoms with Gasteiger partial charge in [0.15, 0.2) is 17.3 Å². The van der Waals surface area contributed by atoms with Gasteiger partial charge in [-0.1, -0.05) is 5.21 Å². The molecule has 2 N–H and O–H groups in total. The van der Waals surface area contributed by atoms with Crippen molar-refractivity contribution < 1.29 is 19.1 Å². The molecule has 1 aliphatic carbocycles. The van der Waals surface area contributed by atoms with Crippen LogP contribution in [0.3, 0.4) is 0 Å². The molecule has 1 saturated carbocycles. The van der Waals surface area contributed by atoms with E-state index in [0.717, 1.165) is 12.8 Å². The third-order valence-electron chi connectivity index (χ3n) is 3.70. The summed E-state index contributed by atoms with van der Waals surface area (Å²) in [5.41, 5.74) is 0.603. The monoisotopic (exact) mass is 329 g/mol. The van der Waals surface area contributed by atoms with Crippen LogP contribution in [0, 0.1) is 5.92 Å². The molecule has 2 amide bonds. The van der Waals surface area contributed by atoms with Crippen LogP contribution in [0.15, 0.2) is 24.4 Å². The fourth-order valence-corrected chi connectivity index (χ4v) is 2.33. The number of carbonyl (C=O) groups excluding carboxylic acids is 2. The minimum Gasteiger partial charge on any atom is -0.454 e. The largest absolute Gasteiger partial charge is 0.454 e. The highest BCUT2D eigenvalue weighted by Gasteiger charge is 2.30. The number of nitrogens with one attached hydrogen (secondary N) is 2. The van der Waals surface area contributed by atoms with E-state index >= 15 is 0 Å². The molecule has 1 fully saturated rings. The minimum absolute atomic E-state index is 0.0132. The Balaban J connectivity index is 1.34. The van der Waals surface area contributed by atoms with E-state index in [0.29, 0.717) is 23.0 Å². The van der Waals surface area contributed by atoms with Crippen molar-refractivity contribution in [1.29, 1.82) is 0 Å². The normalized spacial score (nSPS) is 15.2. The van der Waals surface area contributed by atoms with Gasteiger partial charge in [0.2, 0.25) is 18.6 Å². The molecule has 2 heterocycles. The van der Waals surface area contributed by atoms with Crippen LogP contribution in [0.2, 0.25) is 0 Å². The number of rotatable bonds is 5. The Morgan fingerprint density at radius 3 is 2.88 bits per heavy atom. The lowest BCUT2D eigenvalue weighted by Crippen LogP contribution is -2.19. The van der Waals surface area contributed by atoms with Crippen molar-refractivity contribution in [2.75, 3.05) is 17.4 Å². The quantitative estimate of drug-likeness (QED) is 0.847. The van der Waals surface area contributed by atoms with Crippen LogP contribution in [0.4, 0.5) is 11.5 Å². The van der Waals surface area contributed by atoms with Gasteiger partial charge in [0.1, 0.15) is 6.54 Å². The lowest BCUT2D eigenvalue weighted by atomic mass is 10.3. The molecule has 0 bridgehead atoms. The zero-order valence-corrected chi connectivity index (χ0v) is 12.7. The highest BCUT2D eigenvalue weighted by molar-refractivity contribution is 5.93. The Kier molecular flexibility index (Phi) is 3.52. The van der Waals surface area contributed by atoms with Gasteiger partial charge in [0.25, 0.3) is 0 Å². The highest BCUT2D eigenvalue weighted by Crippen LogP contribution is 2.34. The van der Waals surface area contributed by atoms with Crippen molar-refractivity contribution >= 4 is 23.3 Å². The molecule has 0 saturated heterocycles. The zero-order valence-electron chi connectivity index (χ0n) is 12.7. The van der Waals surface area contributed by atoms with E-state index in [1.54, 1.807) is 18.2 Å². The molecule has 1 aliphatic heterocycles. The third-order valence-corrected chi connectivity index (χ3v) is 3.70. The fourth-order valence-electron chi connectivity index (χ4n) is 2.33. The Morgan fingerprint density at radius 2 is 2.04 bits per heavy atom. The molecule has 0 radical (unpaired) electrons. The first-order valence-corrected chi connectivity index (χ1v) is 7.58. The van der Waals surface area contributed by atoms with E-state index in [9.17, 15) is 9.59 Å². The summed E-state index contributed by atoms with van der Waals surface area (Å²) < 4.78 is 11.8. The number of ether oxygens (including phenoxy) is 2. The lowest BCUT2D eigenvalue weighted by molar-refractivity contribution is -0.117. The summed E-state index contributed by atoms with van der Waals surface area (Å²) in [7, 11) is 0. The Hall–Kier alpha value is -3.10. The summed E-state index contributed by atoms with van der Waals surface area (Å²) in [4.78, 5) is 23.7. The number of benzene rings is 1. The number of nitrogens with zero attached hydrogens (tertiary/aromatic N) is 3. The van der Waals surface area contributed by atoms with Gasteiger partial charge in [-0.2, -0.15) is 0 Å². The molecule has 1 aromatic carbocycles. The third kappa shape index (κ3) is 3.14. The summed E-state index contributed by atoms with van der Waals surface area (Å²) in [6, 6.07) is 5.16. The van der Waals surface area contributed by atoms with Crippen LogP contribution in [-0.4, -0.2) is 33.6 Å². The molecule has 9 nitrogen and oxygen atoms in total. The molecule has 9 heteroatoms. The van der Waals surface area contributed by atoms with E-state index < -0.39 is 0 Å². The van der Waals surface area contributed by atoms with Gasteiger partial charge in [-0.15, -0.1) is 5.10 Å². The molecule has 0 spiro atoms. The number of fused-ring (bicyclic) bond motifs is 1. The van der Waals surface area contributed by atoms with Crippen LogP contribution in [0.25, 0.3) is 0 Å². The van der Waals surface area contributed by atoms with Crippen LogP contribution < -0.4 is 20.1 Å². The molecular weight excluding hydrogens is 314 g/mol. The first-order chi connectivity index (χ1) is 11.7. The van der Waals surface area contributed by atoms with Gasteiger partial charge in [0.05, 0.1) is 6.20 Å². The van der Waals surface area contributed by atoms with Crippen molar-refractivity contribution in [1.82, 2.24) is 15.0 Å². The molecule has 2 aliphatic rings. The van der Waals surface area contributed by atoms with Crippen LogP contribution in [0.5, 0.6) is 11.5 Å². The number of hydrogen-bond donors (Lipinski definition) is 2. The van der Waals surface area contributed by atoms with Crippen molar-refractivity contribution in [3.8, 4) is 11.5 Å². The average Bonchev–Trinajstić information content (AvgIpc) is 3.16. The average molecular weight is 329 g/mol. The lowest BCUT2D eigenvalue weighted by Gasteiger charge is -2.05. The maximum atomic E-state index is 12.1. The first-order valence-electron chi connectivity index (χ1n) is 7.58. The topological polar surface area (TPSA) is 107 Å². The van der Waals surface area contributed by atoms with Gasteiger partial charge in [-0.3, -0.25) is 9.59 Å². The molecule has 2 aromatic rings. The fraction of sp³-hybridized carbons (Fsp3) is 0.333. The Bertz CT molecular complexity index is 799. The number of anilines is 2. The van der Waals surface area contributed by atoms with Crippen LogP contribution >= 0.6 is 0 Å². The second-order valence-electron chi connectivity index (χ2n) is 5.68. The van der Waals surface area contributed by atoms with Crippen LogP contribution in [0.1, 0.15) is 12.8 Å². The van der Waals surface area contributed by atoms with Crippen LogP contribution in [-0.2, 0) is 16.1 Å².